The number of Topliss-reactive ketones (excluding diaryl/α,β-unsaturated/α-hetero) is 2. The van der Waals surface area contributed by atoms with Crippen LogP contribution in [0, 0.1) is 11.8 Å². The van der Waals surface area contributed by atoms with Gasteiger partial charge >= 0.3 is 6.09 Å². The first-order chi connectivity index (χ1) is 23.3. The largest absolute Gasteiger partial charge is 0.444 e. The molecule has 2 N–H and O–H groups in total. The van der Waals surface area contributed by atoms with Gasteiger partial charge in [0.2, 0.25) is 0 Å². The predicted octanol–water partition coefficient (Wildman–Crippen LogP) is 5.12. The van der Waals surface area contributed by atoms with E-state index < -0.39 is 23.8 Å². The fraction of sp³-hybridized carbons (Fsp3) is 0.737. The Hall–Kier alpha value is -2.86. The van der Waals surface area contributed by atoms with Crippen molar-refractivity contribution >= 4 is 23.6 Å². The number of amides is 2. The smallest absolute Gasteiger partial charge is 0.408 e. The van der Waals surface area contributed by atoms with Crippen LogP contribution in [0.1, 0.15) is 97.3 Å². The van der Waals surface area contributed by atoms with E-state index in [1.165, 1.54) is 0 Å². The van der Waals surface area contributed by atoms with Gasteiger partial charge in [-0.15, -0.1) is 0 Å². The van der Waals surface area contributed by atoms with Crippen molar-refractivity contribution in [2.45, 2.75) is 105 Å². The molecule has 1 aromatic carbocycles. The third-order valence-electron chi connectivity index (χ3n) is 9.12. The van der Waals surface area contributed by atoms with Gasteiger partial charge in [-0.3, -0.25) is 24.2 Å². The van der Waals surface area contributed by atoms with Gasteiger partial charge in [0, 0.05) is 44.6 Å². The molecule has 0 spiro atoms. The summed E-state index contributed by atoms with van der Waals surface area (Å²) in [6.07, 6.45) is 3.78. The summed E-state index contributed by atoms with van der Waals surface area (Å²) in [6, 6.07) is 8.18. The fourth-order valence-corrected chi connectivity index (χ4v) is 5.71. The van der Waals surface area contributed by atoms with E-state index >= 15 is 0 Å². The van der Waals surface area contributed by atoms with Gasteiger partial charge in [0.1, 0.15) is 5.60 Å². The zero-order valence-electron chi connectivity index (χ0n) is 31.3. The molecule has 4 atom stereocenters. The van der Waals surface area contributed by atoms with Crippen LogP contribution in [-0.4, -0.2) is 117 Å². The average molecular weight is 689 g/mol. The lowest BCUT2D eigenvalue weighted by molar-refractivity contribution is -0.123. The molecular weight excluding hydrogens is 624 g/mol. The maximum Gasteiger partial charge on any atom is 0.408 e. The highest BCUT2D eigenvalue weighted by atomic mass is 16.6. The number of morpholine rings is 2. The molecule has 0 bridgehead atoms. The van der Waals surface area contributed by atoms with Crippen LogP contribution in [0.3, 0.4) is 0 Å². The highest BCUT2D eigenvalue weighted by Crippen LogP contribution is 2.15. The third-order valence-corrected chi connectivity index (χ3v) is 9.12. The molecule has 2 aliphatic heterocycles. The van der Waals surface area contributed by atoms with Gasteiger partial charge in [0.25, 0.3) is 5.91 Å². The first kappa shape index (κ1) is 42.3. The molecule has 0 aromatic heterocycles. The van der Waals surface area contributed by atoms with Crippen molar-refractivity contribution < 1.29 is 33.4 Å². The number of nitrogens with one attached hydrogen (secondary N) is 2. The van der Waals surface area contributed by atoms with Crippen molar-refractivity contribution in [3.8, 4) is 0 Å². The number of hydrogen-bond donors (Lipinski definition) is 2. The van der Waals surface area contributed by atoms with E-state index in [0.29, 0.717) is 18.4 Å². The monoisotopic (exact) mass is 688 g/mol. The minimum atomic E-state index is -0.566. The molecule has 11 heteroatoms. The molecule has 49 heavy (non-hydrogen) atoms. The fourth-order valence-electron chi connectivity index (χ4n) is 5.71. The van der Waals surface area contributed by atoms with Crippen LogP contribution in [0.4, 0.5) is 4.79 Å². The number of hydrogen-bond acceptors (Lipinski definition) is 9. The molecule has 1 aromatic rings. The Labute approximate surface area is 295 Å². The second-order valence-electron chi connectivity index (χ2n) is 14.3. The number of benzene rings is 1. The van der Waals surface area contributed by atoms with E-state index in [4.69, 9.17) is 14.2 Å². The van der Waals surface area contributed by atoms with Gasteiger partial charge in [-0.1, -0.05) is 58.7 Å². The Kier molecular flexibility index (Phi) is 19.7. The molecule has 0 radical (unpaired) electrons. The lowest BCUT2D eigenvalue weighted by Crippen LogP contribution is -2.47. The number of carbonyl (C=O) groups is 4. The lowest BCUT2D eigenvalue weighted by Gasteiger charge is -2.28. The van der Waals surface area contributed by atoms with Crippen LogP contribution in [-0.2, 0) is 23.8 Å². The summed E-state index contributed by atoms with van der Waals surface area (Å²) < 4.78 is 16.0. The van der Waals surface area contributed by atoms with Crippen LogP contribution < -0.4 is 10.6 Å². The maximum absolute atomic E-state index is 12.7. The van der Waals surface area contributed by atoms with Gasteiger partial charge in [-0.2, -0.15) is 0 Å². The van der Waals surface area contributed by atoms with Gasteiger partial charge in [-0.05, 0) is 70.7 Å². The molecule has 278 valence electrons. The van der Waals surface area contributed by atoms with E-state index in [-0.39, 0.29) is 29.3 Å². The second kappa shape index (κ2) is 22.8. The summed E-state index contributed by atoms with van der Waals surface area (Å²) in [7, 11) is 0. The Balaban J connectivity index is 0.000000341. The van der Waals surface area contributed by atoms with Crippen LogP contribution in [0.5, 0.6) is 0 Å². The molecule has 2 aliphatic rings. The summed E-state index contributed by atoms with van der Waals surface area (Å²) >= 11 is 0. The van der Waals surface area contributed by atoms with E-state index in [2.05, 4.69) is 20.4 Å². The number of rotatable bonds is 17. The Morgan fingerprint density at radius 3 is 1.57 bits per heavy atom. The summed E-state index contributed by atoms with van der Waals surface area (Å²) in [5, 5.41) is 5.72. The number of nitrogens with zero attached hydrogens (tertiary/aromatic N) is 2. The molecule has 3 rings (SSSR count). The standard InChI is InChI=1S/C20H30N2O3.C18H34N2O4/c1-3-16(2)19(21-20(24)17-8-5-4-6-9-17)18(23)10-7-11-22-12-14-25-15-13-22;1-6-14(2)16(19-17(22)24-18(3,4)5)15(21)8-7-9-20-10-12-23-13-11-20/h4-6,8-9,16,19H,3,7,10-15H2,1-2H3,(H,21,24);14,16H,6-13H2,1-5H3,(H,19,22)/t16-,19-;14-,16-/m00/s1. The number of ketones is 2. The summed E-state index contributed by atoms with van der Waals surface area (Å²) in [5.41, 5.74) is 0.0284. The molecule has 0 saturated carbocycles. The van der Waals surface area contributed by atoms with Gasteiger partial charge in [0.05, 0.1) is 38.5 Å². The van der Waals surface area contributed by atoms with Gasteiger partial charge in [-0.25, -0.2) is 4.79 Å². The zero-order valence-corrected chi connectivity index (χ0v) is 31.3. The summed E-state index contributed by atoms with van der Waals surface area (Å²) in [6.45, 7) is 22.2. The predicted molar refractivity (Wildman–Crippen MR) is 193 cm³/mol. The van der Waals surface area contributed by atoms with Crippen LogP contribution in [0.2, 0.25) is 0 Å². The molecule has 2 heterocycles. The first-order valence-electron chi connectivity index (χ1n) is 18.4. The first-order valence-corrected chi connectivity index (χ1v) is 18.4. The molecule has 11 nitrogen and oxygen atoms in total. The quantitative estimate of drug-likeness (QED) is 0.229. The van der Waals surface area contributed by atoms with Gasteiger partial charge in [0.15, 0.2) is 11.6 Å². The number of ether oxygens (including phenoxy) is 3. The Morgan fingerprint density at radius 1 is 0.735 bits per heavy atom. The Morgan fingerprint density at radius 2 is 1.16 bits per heavy atom. The number of carbonyl (C=O) groups excluding carboxylic acids is 4. The van der Waals surface area contributed by atoms with Crippen molar-refractivity contribution in [1.29, 1.82) is 0 Å². The van der Waals surface area contributed by atoms with Crippen molar-refractivity contribution in [1.82, 2.24) is 20.4 Å². The molecular formula is C38H64N4O7. The van der Waals surface area contributed by atoms with Crippen LogP contribution >= 0.6 is 0 Å². The van der Waals surface area contributed by atoms with Crippen molar-refractivity contribution in [3.05, 3.63) is 35.9 Å². The molecule has 0 aliphatic carbocycles. The average Bonchev–Trinajstić information content (AvgIpc) is 3.09. The normalized spacial score (nSPS) is 18.2. The highest BCUT2D eigenvalue weighted by molar-refractivity contribution is 5.98. The minimum Gasteiger partial charge on any atom is -0.444 e. The number of alkyl carbamates (subject to hydrolysis) is 1. The van der Waals surface area contributed by atoms with Gasteiger partial charge < -0.3 is 24.8 Å². The SMILES string of the molecule is CC[C@H](C)[C@H](NC(=O)OC(C)(C)C)C(=O)CCCN1CCOCC1.CC[C@H](C)[C@H](NC(=O)c1ccccc1)C(=O)CCCN1CCOCC1. The van der Waals surface area contributed by atoms with E-state index in [0.717, 1.165) is 91.4 Å². The topological polar surface area (TPSA) is 127 Å². The summed E-state index contributed by atoms with van der Waals surface area (Å²) in [4.78, 5) is 54.3. The highest BCUT2D eigenvalue weighted by Gasteiger charge is 2.28. The van der Waals surface area contributed by atoms with Crippen molar-refractivity contribution in [2.24, 2.45) is 11.8 Å². The third kappa shape index (κ3) is 17.1. The lowest BCUT2D eigenvalue weighted by atomic mass is 9.92. The van der Waals surface area contributed by atoms with Crippen molar-refractivity contribution in [2.75, 3.05) is 65.7 Å². The maximum atomic E-state index is 12.7. The molecule has 2 fully saturated rings. The Bertz CT molecular complexity index is 1110. The molecule has 0 unspecified atom stereocenters. The van der Waals surface area contributed by atoms with Crippen LogP contribution in [0.25, 0.3) is 0 Å². The summed E-state index contributed by atoms with van der Waals surface area (Å²) in [5.74, 6) is 0.264. The van der Waals surface area contributed by atoms with Crippen LogP contribution in [0.15, 0.2) is 30.3 Å². The molecule has 2 amide bonds. The van der Waals surface area contributed by atoms with E-state index in [1.54, 1.807) is 12.1 Å². The van der Waals surface area contributed by atoms with E-state index in [1.807, 2.05) is 66.7 Å². The minimum absolute atomic E-state index is 0.0865. The second-order valence-corrected chi connectivity index (χ2v) is 14.3. The van der Waals surface area contributed by atoms with E-state index in [9.17, 15) is 19.2 Å². The zero-order chi connectivity index (χ0) is 36.2. The van der Waals surface area contributed by atoms with Crippen molar-refractivity contribution in [3.63, 3.8) is 0 Å². The molecule has 2 saturated heterocycles.